The second-order valence-corrected chi connectivity index (χ2v) is 6.02. The van der Waals surface area contributed by atoms with Crippen molar-refractivity contribution in [2.75, 3.05) is 20.2 Å². The summed E-state index contributed by atoms with van der Waals surface area (Å²) in [7, 11) is 1.25. The van der Waals surface area contributed by atoms with Crippen molar-refractivity contribution in [3.8, 4) is 0 Å². The molecule has 0 spiro atoms. The number of hydrogen-bond acceptors (Lipinski definition) is 4. The first-order valence-electron chi connectivity index (χ1n) is 8.26. The molecular formula is C20H21FN2O4. The first-order valence-corrected chi connectivity index (χ1v) is 8.26. The number of carbonyl (C=O) groups is 3. The molecule has 0 unspecified atom stereocenters. The number of H-pyrrole nitrogens is 1. The minimum atomic E-state index is -0.576. The Bertz CT molecular complexity index is 901. The Kier molecular flexibility index (Phi) is 6.28. The second kappa shape index (κ2) is 8.44. The molecule has 0 bridgehead atoms. The summed E-state index contributed by atoms with van der Waals surface area (Å²) < 4.78 is 18.1. The first-order chi connectivity index (χ1) is 12.8. The fourth-order valence-electron chi connectivity index (χ4n) is 2.91. The van der Waals surface area contributed by atoms with Crippen LogP contribution in [0.1, 0.15) is 42.5 Å². The summed E-state index contributed by atoms with van der Waals surface area (Å²) in [5, 5.41) is 0. The van der Waals surface area contributed by atoms with Gasteiger partial charge in [0.15, 0.2) is 5.78 Å². The summed E-state index contributed by atoms with van der Waals surface area (Å²) in [6, 6.07) is 5.26. The number of aromatic amines is 1. The third-order valence-corrected chi connectivity index (χ3v) is 4.15. The number of halogens is 1. The fraction of sp³-hybridized carbons (Fsp3) is 0.250. The van der Waals surface area contributed by atoms with E-state index in [2.05, 4.69) is 11.6 Å². The van der Waals surface area contributed by atoms with Gasteiger partial charge >= 0.3 is 5.97 Å². The van der Waals surface area contributed by atoms with Gasteiger partial charge in [-0.2, -0.15) is 0 Å². The van der Waals surface area contributed by atoms with Gasteiger partial charge in [-0.25, -0.2) is 9.18 Å². The Morgan fingerprint density at radius 1 is 1.30 bits per heavy atom. The fourth-order valence-corrected chi connectivity index (χ4v) is 2.91. The minimum Gasteiger partial charge on any atom is -0.464 e. The van der Waals surface area contributed by atoms with Crippen LogP contribution in [0.15, 0.2) is 36.9 Å². The lowest BCUT2D eigenvalue weighted by atomic mass is 10.0. The Morgan fingerprint density at radius 2 is 2.00 bits per heavy atom. The number of nitrogens with zero attached hydrogens (tertiary/aromatic N) is 1. The van der Waals surface area contributed by atoms with Gasteiger partial charge in [-0.15, -0.1) is 6.58 Å². The number of benzene rings is 1. The van der Waals surface area contributed by atoms with Gasteiger partial charge in [0.25, 0.3) is 5.91 Å². The summed E-state index contributed by atoms with van der Waals surface area (Å²) in [6.07, 6.45) is 1.49. The maximum absolute atomic E-state index is 13.4. The number of carbonyl (C=O) groups excluding carboxylic acids is 3. The van der Waals surface area contributed by atoms with Crippen molar-refractivity contribution in [1.82, 2.24) is 9.88 Å². The topological polar surface area (TPSA) is 79.5 Å². The van der Waals surface area contributed by atoms with Crippen LogP contribution in [0.25, 0.3) is 0 Å². The van der Waals surface area contributed by atoms with E-state index in [1.54, 1.807) is 13.8 Å². The van der Waals surface area contributed by atoms with Crippen LogP contribution < -0.4 is 0 Å². The quantitative estimate of drug-likeness (QED) is 0.460. The molecule has 0 aliphatic rings. The summed E-state index contributed by atoms with van der Waals surface area (Å²) >= 11 is 0. The maximum Gasteiger partial charge on any atom is 0.354 e. The number of rotatable bonds is 7. The lowest BCUT2D eigenvalue weighted by molar-refractivity contribution is 0.0593. The van der Waals surface area contributed by atoms with Gasteiger partial charge in [-0.3, -0.25) is 9.59 Å². The highest BCUT2D eigenvalue weighted by Gasteiger charge is 2.25. The molecule has 0 radical (unpaired) electrons. The molecule has 6 nitrogen and oxygen atoms in total. The number of nitrogens with one attached hydrogen (secondary N) is 1. The molecule has 1 amide bonds. The molecule has 142 valence electrons. The zero-order valence-corrected chi connectivity index (χ0v) is 15.5. The molecule has 0 aliphatic carbocycles. The van der Waals surface area contributed by atoms with Gasteiger partial charge in [0.2, 0.25) is 0 Å². The highest BCUT2D eigenvalue weighted by atomic mass is 19.1. The van der Waals surface area contributed by atoms with Crippen molar-refractivity contribution in [1.29, 1.82) is 0 Å². The number of ether oxygens (including phenoxy) is 1. The molecule has 0 saturated carbocycles. The van der Waals surface area contributed by atoms with E-state index in [-0.39, 0.29) is 30.1 Å². The molecule has 0 atom stereocenters. The molecule has 7 heteroatoms. The summed E-state index contributed by atoms with van der Waals surface area (Å²) in [5.41, 5.74) is 1.64. The van der Waals surface area contributed by atoms with E-state index in [1.165, 1.54) is 36.3 Å². The van der Waals surface area contributed by atoms with E-state index in [9.17, 15) is 18.8 Å². The van der Waals surface area contributed by atoms with E-state index >= 15 is 0 Å². The van der Waals surface area contributed by atoms with E-state index in [0.717, 1.165) is 6.07 Å². The molecule has 0 aliphatic heterocycles. The summed E-state index contributed by atoms with van der Waals surface area (Å²) in [6.45, 7) is 6.78. The van der Waals surface area contributed by atoms with Crippen LogP contribution in [-0.2, 0) is 4.74 Å². The monoisotopic (exact) mass is 372 g/mol. The van der Waals surface area contributed by atoms with E-state index in [1.807, 2.05) is 0 Å². The molecule has 0 fully saturated rings. The number of esters is 1. The Balaban J connectivity index is 2.30. The Hall–Kier alpha value is -3.22. The number of Topliss-reactive ketones (excluding diaryl/α,β-unsaturated/α-hetero) is 1. The van der Waals surface area contributed by atoms with Gasteiger partial charge in [0, 0.05) is 23.4 Å². The summed E-state index contributed by atoms with van der Waals surface area (Å²) in [5.74, 6) is -1.94. The van der Waals surface area contributed by atoms with Gasteiger partial charge in [-0.05, 0) is 37.6 Å². The third kappa shape index (κ3) is 4.31. The van der Waals surface area contributed by atoms with Crippen molar-refractivity contribution in [2.24, 2.45) is 0 Å². The lowest BCUT2D eigenvalue weighted by Crippen LogP contribution is -2.36. The number of hydrogen-bond donors (Lipinski definition) is 1. The van der Waals surface area contributed by atoms with Gasteiger partial charge < -0.3 is 14.6 Å². The van der Waals surface area contributed by atoms with Crippen LogP contribution in [0.5, 0.6) is 0 Å². The molecule has 2 rings (SSSR count). The van der Waals surface area contributed by atoms with Gasteiger partial charge in [0.05, 0.1) is 13.7 Å². The minimum absolute atomic E-state index is 0.119. The predicted octanol–water partition coefficient (Wildman–Crippen LogP) is 3.07. The van der Waals surface area contributed by atoms with Crippen LogP contribution in [0.3, 0.4) is 0 Å². The zero-order chi connectivity index (χ0) is 20.1. The molecule has 0 saturated heterocycles. The van der Waals surface area contributed by atoms with Crippen molar-refractivity contribution >= 4 is 17.7 Å². The number of aromatic nitrogens is 1. The van der Waals surface area contributed by atoms with E-state index in [4.69, 9.17) is 4.74 Å². The summed E-state index contributed by atoms with van der Waals surface area (Å²) in [4.78, 5) is 41.4. The molecule has 1 heterocycles. The SMILES string of the molecule is C=CCN(CC(=O)c1c(C)[nH]c(C(=O)OC)c1C)C(=O)c1cccc(F)c1. The highest BCUT2D eigenvalue weighted by molar-refractivity contribution is 6.05. The number of amides is 1. The van der Waals surface area contributed by atoms with Crippen LogP contribution in [0.2, 0.25) is 0 Å². The predicted molar refractivity (Wildman–Crippen MR) is 98.4 cm³/mol. The average Bonchev–Trinajstić information content (AvgIpc) is 2.94. The zero-order valence-electron chi connectivity index (χ0n) is 15.5. The highest BCUT2D eigenvalue weighted by Crippen LogP contribution is 2.20. The average molecular weight is 372 g/mol. The van der Waals surface area contributed by atoms with E-state index in [0.29, 0.717) is 16.8 Å². The molecule has 27 heavy (non-hydrogen) atoms. The number of ketones is 1. The molecule has 1 aromatic carbocycles. The first kappa shape index (κ1) is 20.1. The molecule has 1 N–H and O–H groups in total. The Labute approximate surface area is 156 Å². The molecule has 2 aromatic rings. The van der Waals surface area contributed by atoms with Crippen molar-refractivity contribution in [3.05, 3.63) is 70.8 Å². The van der Waals surface area contributed by atoms with Crippen molar-refractivity contribution < 1.29 is 23.5 Å². The maximum atomic E-state index is 13.4. The van der Waals surface area contributed by atoms with Gasteiger partial charge in [-0.1, -0.05) is 12.1 Å². The molecule has 1 aromatic heterocycles. The number of methoxy groups -OCH3 is 1. The number of aryl methyl sites for hydroxylation is 1. The molecular weight excluding hydrogens is 351 g/mol. The van der Waals surface area contributed by atoms with Crippen molar-refractivity contribution in [2.45, 2.75) is 13.8 Å². The lowest BCUT2D eigenvalue weighted by Gasteiger charge is -2.20. The van der Waals surface area contributed by atoms with E-state index < -0.39 is 17.7 Å². The van der Waals surface area contributed by atoms with Gasteiger partial charge in [0.1, 0.15) is 11.5 Å². The van der Waals surface area contributed by atoms with Crippen LogP contribution >= 0.6 is 0 Å². The largest absolute Gasteiger partial charge is 0.464 e. The third-order valence-electron chi connectivity index (χ3n) is 4.15. The second-order valence-electron chi connectivity index (χ2n) is 6.02. The Morgan fingerprint density at radius 3 is 2.59 bits per heavy atom. The van der Waals surface area contributed by atoms with Crippen LogP contribution in [0, 0.1) is 19.7 Å². The van der Waals surface area contributed by atoms with Crippen molar-refractivity contribution in [3.63, 3.8) is 0 Å². The smallest absolute Gasteiger partial charge is 0.354 e. The van der Waals surface area contributed by atoms with Crippen LogP contribution in [0.4, 0.5) is 4.39 Å². The standard InChI is InChI=1S/C20H21FN2O4/c1-5-9-23(19(25)14-7-6-8-15(21)10-14)11-16(24)17-12(2)18(20(26)27-4)22-13(17)3/h5-8,10,22H,1,9,11H2,2-4H3. The van der Waals surface area contributed by atoms with Crippen LogP contribution in [-0.4, -0.2) is 47.7 Å². The normalized spacial score (nSPS) is 10.4.